The van der Waals surface area contributed by atoms with E-state index in [0.29, 0.717) is 13.1 Å². The molecule has 0 aromatic heterocycles. The lowest BCUT2D eigenvalue weighted by Gasteiger charge is -2.35. The van der Waals surface area contributed by atoms with Crippen molar-refractivity contribution in [2.45, 2.75) is 85.0 Å². The van der Waals surface area contributed by atoms with Crippen molar-refractivity contribution in [3.05, 3.63) is 70.8 Å². The number of amides is 3. The Hall–Kier alpha value is -3.00. The summed E-state index contributed by atoms with van der Waals surface area (Å²) in [5.41, 5.74) is 2.98. The van der Waals surface area contributed by atoms with Crippen LogP contribution in [0.5, 0.6) is 0 Å². The van der Waals surface area contributed by atoms with E-state index in [-0.39, 0.29) is 17.6 Å². The van der Waals surface area contributed by atoms with Gasteiger partial charge >= 0.3 is 6.09 Å². The first-order valence-electron chi connectivity index (χ1n) is 13.3. The molecule has 0 saturated carbocycles. The summed E-state index contributed by atoms with van der Waals surface area (Å²) >= 11 is 4.36. The number of carbonyl (C=O) groups excluding carboxylic acids is 3. The number of hydrogen-bond donors (Lipinski definition) is 3. The maximum atomic E-state index is 14.0. The molecular formula is C30H43N3O4S. The highest BCUT2D eigenvalue weighted by molar-refractivity contribution is 7.80. The van der Waals surface area contributed by atoms with Crippen molar-refractivity contribution >= 4 is 30.5 Å². The number of nitrogens with one attached hydrogen (secondary N) is 2. The average Bonchev–Trinajstić information content (AvgIpc) is 2.87. The fraction of sp³-hybridized carbons (Fsp3) is 0.500. The minimum atomic E-state index is -0.954. The van der Waals surface area contributed by atoms with Crippen LogP contribution in [0, 0.1) is 13.8 Å². The molecule has 0 radical (unpaired) electrons. The van der Waals surface area contributed by atoms with Crippen LogP contribution in [0.25, 0.3) is 0 Å². The van der Waals surface area contributed by atoms with Gasteiger partial charge < -0.3 is 20.3 Å². The lowest BCUT2D eigenvalue weighted by Crippen LogP contribution is -2.54. The van der Waals surface area contributed by atoms with Crippen LogP contribution in [-0.4, -0.2) is 46.7 Å². The Morgan fingerprint density at radius 3 is 2.29 bits per heavy atom. The van der Waals surface area contributed by atoms with Gasteiger partial charge in [-0.15, -0.1) is 0 Å². The van der Waals surface area contributed by atoms with Gasteiger partial charge in [0.2, 0.25) is 11.8 Å². The van der Waals surface area contributed by atoms with Crippen molar-refractivity contribution in [1.29, 1.82) is 0 Å². The molecule has 0 saturated heterocycles. The van der Waals surface area contributed by atoms with Gasteiger partial charge in [0.1, 0.15) is 17.7 Å². The molecule has 8 heteroatoms. The number of unbranched alkanes of at least 4 members (excludes halogenated alkanes) is 2. The zero-order chi connectivity index (χ0) is 28.3. The zero-order valence-corrected chi connectivity index (χ0v) is 24.4. The molecule has 0 aliphatic heterocycles. The number of nitrogens with zero attached hydrogens (tertiary/aromatic N) is 1. The number of alkyl carbamates (subject to hydrolysis) is 1. The van der Waals surface area contributed by atoms with Gasteiger partial charge in [-0.05, 0) is 63.3 Å². The third-order valence-electron chi connectivity index (χ3n) is 6.27. The molecule has 2 aromatic carbocycles. The molecule has 208 valence electrons. The molecule has 2 N–H and O–H groups in total. The van der Waals surface area contributed by atoms with E-state index in [1.54, 1.807) is 25.7 Å². The smallest absolute Gasteiger partial charge is 0.408 e. The Kier molecular flexibility index (Phi) is 12.2. The highest BCUT2D eigenvalue weighted by Gasteiger charge is 2.36. The molecule has 3 amide bonds. The fourth-order valence-corrected chi connectivity index (χ4v) is 4.38. The Morgan fingerprint density at radius 2 is 1.68 bits per heavy atom. The molecule has 0 spiro atoms. The predicted molar refractivity (Wildman–Crippen MR) is 155 cm³/mol. The average molecular weight is 542 g/mol. The third kappa shape index (κ3) is 9.39. The Morgan fingerprint density at radius 1 is 1.00 bits per heavy atom. The summed E-state index contributed by atoms with van der Waals surface area (Å²) in [5.74, 6) is -0.585. The van der Waals surface area contributed by atoms with Gasteiger partial charge in [-0.1, -0.05) is 68.3 Å². The number of aryl methyl sites for hydroxylation is 1. The molecule has 0 aliphatic carbocycles. The van der Waals surface area contributed by atoms with Crippen LogP contribution in [-0.2, 0) is 20.9 Å². The van der Waals surface area contributed by atoms with Gasteiger partial charge in [-0.2, -0.15) is 12.6 Å². The van der Waals surface area contributed by atoms with Crippen LogP contribution in [0.3, 0.4) is 0 Å². The molecular weight excluding hydrogens is 498 g/mol. The lowest BCUT2D eigenvalue weighted by molar-refractivity contribution is -0.142. The summed E-state index contributed by atoms with van der Waals surface area (Å²) in [6.45, 7) is 12.0. The number of ether oxygens (including phenoxy) is 1. The predicted octanol–water partition coefficient (Wildman–Crippen LogP) is 5.50. The molecule has 7 nitrogen and oxygen atoms in total. The van der Waals surface area contributed by atoms with Crippen molar-refractivity contribution in [2.24, 2.45) is 0 Å². The SMILES string of the molecule is CCCCCN(C(=O)C(CS)NC(=O)OC(C)(C)C)C(C(=O)NCc1ccccc1)c1cccc(C)c1C. The van der Waals surface area contributed by atoms with E-state index in [9.17, 15) is 14.4 Å². The largest absolute Gasteiger partial charge is 0.444 e. The molecule has 0 aliphatic rings. The van der Waals surface area contributed by atoms with Gasteiger partial charge in [-0.25, -0.2) is 4.79 Å². The van der Waals surface area contributed by atoms with Gasteiger partial charge in [0.25, 0.3) is 0 Å². The fourth-order valence-electron chi connectivity index (χ4n) is 4.14. The van der Waals surface area contributed by atoms with E-state index in [0.717, 1.165) is 41.5 Å². The first-order chi connectivity index (χ1) is 18.0. The van der Waals surface area contributed by atoms with Crippen LogP contribution < -0.4 is 10.6 Å². The maximum absolute atomic E-state index is 14.0. The minimum absolute atomic E-state index is 0.0630. The summed E-state index contributed by atoms with van der Waals surface area (Å²) in [6, 6.07) is 13.6. The monoisotopic (exact) mass is 541 g/mol. The minimum Gasteiger partial charge on any atom is -0.444 e. The summed E-state index contributed by atoms with van der Waals surface area (Å²) in [7, 11) is 0. The van der Waals surface area contributed by atoms with Crippen LogP contribution in [0.1, 0.15) is 75.3 Å². The number of hydrogen-bond acceptors (Lipinski definition) is 5. The second-order valence-electron chi connectivity index (χ2n) is 10.5. The van der Waals surface area contributed by atoms with Crippen molar-refractivity contribution in [3.8, 4) is 0 Å². The highest BCUT2D eigenvalue weighted by Crippen LogP contribution is 2.28. The molecule has 2 rings (SSSR count). The van der Waals surface area contributed by atoms with Crippen LogP contribution >= 0.6 is 12.6 Å². The van der Waals surface area contributed by atoms with E-state index in [2.05, 4.69) is 30.2 Å². The Bertz CT molecular complexity index is 1070. The molecule has 2 atom stereocenters. The van der Waals surface area contributed by atoms with Gasteiger partial charge in [0, 0.05) is 18.8 Å². The number of thiol groups is 1. The van der Waals surface area contributed by atoms with Crippen LogP contribution in [0.15, 0.2) is 48.5 Å². The first-order valence-corrected chi connectivity index (χ1v) is 13.9. The van der Waals surface area contributed by atoms with Crippen molar-refractivity contribution < 1.29 is 19.1 Å². The van der Waals surface area contributed by atoms with Crippen molar-refractivity contribution in [1.82, 2.24) is 15.5 Å². The Labute approximate surface area is 233 Å². The third-order valence-corrected chi connectivity index (χ3v) is 6.63. The molecule has 0 heterocycles. The normalized spacial score (nSPS) is 12.8. The van der Waals surface area contributed by atoms with Gasteiger partial charge in [-0.3, -0.25) is 9.59 Å². The van der Waals surface area contributed by atoms with Crippen LogP contribution in [0.2, 0.25) is 0 Å². The second kappa shape index (κ2) is 14.8. The standard InChI is InChI=1S/C30H43N3O4S/c1-7-8-12-18-33(28(35)25(20-38)32-29(36)37-30(4,5)6)26(24-17-13-14-21(2)22(24)3)27(34)31-19-23-15-10-9-11-16-23/h9-11,13-17,25-26,38H,7-8,12,18-20H2,1-6H3,(H,31,34)(H,32,36). The number of benzene rings is 2. The summed E-state index contributed by atoms with van der Waals surface area (Å²) in [5, 5.41) is 5.70. The molecule has 2 aromatic rings. The maximum Gasteiger partial charge on any atom is 0.408 e. The quantitative estimate of drug-likeness (QED) is 0.245. The van der Waals surface area contributed by atoms with Gasteiger partial charge in [0.05, 0.1) is 0 Å². The summed E-state index contributed by atoms with van der Waals surface area (Å²) < 4.78 is 5.38. The van der Waals surface area contributed by atoms with E-state index in [1.807, 2.05) is 62.4 Å². The topological polar surface area (TPSA) is 87.7 Å². The first kappa shape index (κ1) is 31.2. The van der Waals surface area contributed by atoms with Gasteiger partial charge in [0.15, 0.2) is 0 Å². The molecule has 2 unspecified atom stereocenters. The highest BCUT2D eigenvalue weighted by atomic mass is 32.1. The van der Waals surface area contributed by atoms with Crippen molar-refractivity contribution in [2.75, 3.05) is 12.3 Å². The lowest BCUT2D eigenvalue weighted by atomic mass is 9.94. The van der Waals surface area contributed by atoms with E-state index < -0.39 is 23.8 Å². The zero-order valence-electron chi connectivity index (χ0n) is 23.5. The van der Waals surface area contributed by atoms with E-state index >= 15 is 0 Å². The van der Waals surface area contributed by atoms with Crippen molar-refractivity contribution in [3.63, 3.8) is 0 Å². The summed E-state index contributed by atoms with van der Waals surface area (Å²) in [6.07, 6.45) is 1.89. The van der Waals surface area contributed by atoms with E-state index in [1.165, 1.54) is 0 Å². The Balaban J connectivity index is 2.46. The molecule has 0 fully saturated rings. The van der Waals surface area contributed by atoms with Crippen LogP contribution in [0.4, 0.5) is 4.79 Å². The van der Waals surface area contributed by atoms with E-state index in [4.69, 9.17) is 4.74 Å². The summed E-state index contributed by atoms with van der Waals surface area (Å²) in [4.78, 5) is 42.0. The number of carbonyl (C=O) groups is 3. The number of rotatable bonds is 12. The second-order valence-corrected chi connectivity index (χ2v) is 10.9. The molecule has 38 heavy (non-hydrogen) atoms. The molecule has 0 bridgehead atoms.